The molecule has 0 unspecified atom stereocenters. The van der Waals surface area contributed by atoms with Gasteiger partial charge in [-0.15, -0.1) is 0 Å². The second-order valence-corrected chi connectivity index (χ2v) is 3.70. The van der Waals surface area contributed by atoms with Gasteiger partial charge in [0.1, 0.15) is 5.82 Å². The summed E-state index contributed by atoms with van der Waals surface area (Å²) in [5.41, 5.74) is 0.555. The van der Waals surface area contributed by atoms with E-state index in [0.29, 0.717) is 17.6 Å². The number of allylic oxidation sites excluding steroid dienone is 2. The molecule has 0 radical (unpaired) electrons. The molecule has 0 aromatic heterocycles. The Kier molecular flexibility index (Phi) is 2.00. The SMILES string of the molecule is C=C1CC(=C)c2c(F)c(F)c(C)c(F)c21. The van der Waals surface area contributed by atoms with Crippen LogP contribution < -0.4 is 0 Å². The van der Waals surface area contributed by atoms with Crippen LogP contribution in [-0.4, -0.2) is 0 Å². The predicted molar refractivity (Wildman–Crippen MR) is 53.7 cm³/mol. The normalized spacial score (nSPS) is 14.7. The topological polar surface area (TPSA) is 0 Å². The van der Waals surface area contributed by atoms with Crippen molar-refractivity contribution in [3.63, 3.8) is 0 Å². The van der Waals surface area contributed by atoms with Gasteiger partial charge in [0.15, 0.2) is 11.6 Å². The molecule has 0 nitrogen and oxygen atoms in total. The van der Waals surface area contributed by atoms with Crippen LogP contribution in [0.1, 0.15) is 23.1 Å². The van der Waals surface area contributed by atoms with E-state index in [9.17, 15) is 13.2 Å². The van der Waals surface area contributed by atoms with Crippen LogP contribution >= 0.6 is 0 Å². The zero-order valence-electron chi connectivity index (χ0n) is 8.26. The van der Waals surface area contributed by atoms with Crippen LogP contribution in [0, 0.1) is 24.4 Å². The minimum atomic E-state index is -1.14. The molecule has 3 heteroatoms. The van der Waals surface area contributed by atoms with Crippen LogP contribution in [0.4, 0.5) is 13.2 Å². The Balaban J connectivity index is 2.92. The first-order valence-corrected chi connectivity index (χ1v) is 4.48. The van der Waals surface area contributed by atoms with E-state index in [0.717, 1.165) is 0 Å². The maximum Gasteiger partial charge on any atom is 0.167 e. The molecule has 1 aromatic carbocycles. The van der Waals surface area contributed by atoms with Crippen molar-refractivity contribution < 1.29 is 13.2 Å². The van der Waals surface area contributed by atoms with Crippen LogP contribution in [-0.2, 0) is 0 Å². The van der Waals surface area contributed by atoms with Crippen molar-refractivity contribution in [1.29, 1.82) is 0 Å². The largest absolute Gasteiger partial charge is 0.206 e. The summed E-state index contributed by atoms with van der Waals surface area (Å²) < 4.78 is 40.4. The first-order chi connectivity index (χ1) is 6.95. The molecule has 0 spiro atoms. The van der Waals surface area contributed by atoms with E-state index < -0.39 is 17.5 Å². The van der Waals surface area contributed by atoms with Crippen LogP contribution in [0.2, 0.25) is 0 Å². The van der Waals surface area contributed by atoms with Crippen LogP contribution in [0.5, 0.6) is 0 Å². The maximum atomic E-state index is 13.7. The Morgan fingerprint density at radius 2 is 1.33 bits per heavy atom. The van der Waals surface area contributed by atoms with Gasteiger partial charge in [-0.2, -0.15) is 0 Å². The van der Waals surface area contributed by atoms with Crippen molar-refractivity contribution in [3.05, 3.63) is 47.3 Å². The molecule has 0 atom stereocenters. The molecule has 1 aliphatic rings. The number of hydrogen-bond acceptors (Lipinski definition) is 0. The van der Waals surface area contributed by atoms with Crippen LogP contribution in [0.25, 0.3) is 11.1 Å². The molecular formula is C12H9F3. The number of halogens is 3. The van der Waals surface area contributed by atoms with E-state index >= 15 is 0 Å². The quantitative estimate of drug-likeness (QED) is 0.570. The molecule has 0 saturated carbocycles. The van der Waals surface area contributed by atoms with Gasteiger partial charge in [-0.1, -0.05) is 13.2 Å². The standard InChI is InChI=1S/C12H9F3/c1-5-4-6(2)9-8(5)10(13)7(3)11(14)12(9)15/h1-2,4H2,3H3. The second kappa shape index (κ2) is 2.99. The average Bonchev–Trinajstić information content (AvgIpc) is 2.47. The van der Waals surface area contributed by atoms with E-state index in [1.807, 2.05) is 0 Å². The molecular weight excluding hydrogens is 201 g/mol. The Bertz CT molecular complexity index is 453. The maximum absolute atomic E-state index is 13.7. The number of fused-ring (bicyclic) bond motifs is 1. The third-order valence-corrected chi connectivity index (χ3v) is 2.67. The minimum Gasteiger partial charge on any atom is -0.206 e. The highest BCUT2D eigenvalue weighted by atomic mass is 19.2. The molecule has 0 fully saturated rings. The monoisotopic (exact) mass is 210 g/mol. The molecule has 1 aromatic rings. The highest BCUT2D eigenvalue weighted by Crippen LogP contribution is 2.43. The van der Waals surface area contributed by atoms with Gasteiger partial charge in [-0.3, -0.25) is 0 Å². The number of hydrogen-bond donors (Lipinski definition) is 0. The summed E-state index contributed by atoms with van der Waals surface area (Å²) in [6.07, 6.45) is 0.298. The first kappa shape index (κ1) is 10.0. The second-order valence-electron chi connectivity index (χ2n) is 3.70. The molecule has 0 aliphatic heterocycles. The zero-order valence-corrected chi connectivity index (χ0v) is 8.26. The van der Waals surface area contributed by atoms with E-state index in [4.69, 9.17) is 0 Å². The average molecular weight is 210 g/mol. The van der Waals surface area contributed by atoms with Crippen molar-refractivity contribution in [2.24, 2.45) is 0 Å². The summed E-state index contributed by atoms with van der Waals surface area (Å²) in [5.74, 6) is -2.89. The summed E-state index contributed by atoms with van der Waals surface area (Å²) in [7, 11) is 0. The van der Waals surface area contributed by atoms with Crippen molar-refractivity contribution in [3.8, 4) is 0 Å². The Labute approximate surface area is 85.7 Å². The summed E-state index contributed by atoms with van der Waals surface area (Å²) in [5, 5.41) is 0. The van der Waals surface area contributed by atoms with Crippen molar-refractivity contribution in [2.75, 3.05) is 0 Å². The van der Waals surface area contributed by atoms with E-state index in [1.165, 1.54) is 6.92 Å². The summed E-state index contributed by atoms with van der Waals surface area (Å²) >= 11 is 0. The lowest BCUT2D eigenvalue weighted by Crippen LogP contribution is -2.01. The van der Waals surface area contributed by atoms with E-state index in [2.05, 4.69) is 13.2 Å². The Morgan fingerprint density at radius 3 is 1.87 bits per heavy atom. The third kappa shape index (κ3) is 1.16. The van der Waals surface area contributed by atoms with Gasteiger partial charge < -0.3 is 0 Å². The van der Waals surface area contributed by atoms with Crippen molar-refractivity contribution in [1.82, 2.24) is 0 Å². The zero-order chi connectivity index (χ0) is 11.3. The van der Waals surface area contributed by atoms with E-state index in [-0.39, 0.29) is 16.7 Å². The van der Waals surface area contributed by atoms with Gasteiger partial charge >= 0.3 is 0 Å². The first-order valence-electron chi connectivity index (χ1n) is 4.48. The van der Waals surface area contributed by atoms with E-state index in [1.54, 1.807) is 0 Å². The molecule has 0 saturated heterocycles. The highest BCUT2D eigenvalue weighted by Gasteiger charge is 2.30. The lowest BCUT2D eigenvalue weighted by atomic mass is 10.0. The number of rotatable bonds is 0. The van der Waals surface area contributed by atoms with Gasteiger partial charge in [-0.05, 0) is 24.5 Å². The summed E-state index contributed by atoms with van der Waals surface area (Å²) in [6.45, 7) is 8.42. The Morgan fingerprint density at radius 1 is 0.867 bits per heavy atom. The fourth-order valence-electron chi connectivity index (χ4n) is 1.88. The molecule has 2 rings (SSSR count). The van der Waals surface area contributed by atoms with Crippen LogP contribution in [0.15, 0.2) is 13.2 Å². The third-order valence-electron chi connectivity index (χ3n) is 2.67. The molecule has 78 valence electrons. The highest BCUT2D eigenvalue weighted by molar-refractivity contribution is 5.91. The van der Waals surface area contributed by atoms with Gasteiger partial charge in [0.05, 0.1) is 0 Å². The van der Waals surface area contributed by atoms with Gasteiger partial charge in [0.25, 0.3) is 0 Å². The lowest BCUT2D eigenvalue weighted by Gasteiger charge is -2.08. The molecule has 1 aliphatic carbocycles. The molecule has 0 amide bonds. The fraction of sp³-hybridized carbons (Fsp3) is 0.167. The van der Waals surface area contributed by atoms with Gasteiger partial charge in [-0.25, -0.2) is 13.2 Å². The molecule has 0 bridgehead atoms. The smallest absolute Gasteiger partial charge is 0.167 e. The van der Waals surface area contributed by atoms with Crippen LogP contribution in [0.3, 0.4) is 0 Å². The summed E-state index contributed by atoms with van der Waals surface area (Å²) in [6, 6.07) is 0. The van der Waals surface area contributed by atoms with Crippen molar-refractivity contribution >= 4 is 11.1 Å². The van der Waals surface area contributed by atoms with Gasteiger partial charge in [0, 0.05) is 16.7 Å². The molecule has 0 N–H and O–H groups in total. The molecule has 15 heavy (non-hydrogen) atoms. The van der Waals surface area contributed by atoms with Gasteiger partial charge in [0.2, 0.25) is 0 Å². The van der Waals surface area contributed by atoms with Crippen molar-refractivity contribution in [2.45, 2.75) is 13.3 Å². The summed E-state index contributed by atoms with van der Waals surface area (Å²) in [4.78, 5) is 0. The molecule has 0 heterocycles. The fourth-order valence-corrected chi connectivity index (χ4v) is 1.88. The minimum absolute atomic E-state index is 0.0550. The lowest BCUT2D eigenvalue weighted by molar-refractivity contribution is 0.483. The Hall–Kier alpha value is -1.51. The number of benzene rings is 1. The predicted octanol–water partition coefficient (Wildman–Crippen LogP) is 3.84.